The van der Waals surface area contributed by atoms with E-state index in [1.54, 1.807) is 6.08 Å². The predicted molar refractivity (Wildman–Crippen MR) is 67.6 cm³/mol. The van der Waals surface area contributed by atoms with E-state index in [4.69, 9.17) is 0 Å². The van der Waals surface area contributed by atoms with Gasteiger partial charge in [-0.05, 0) is 12.5 Å². The SMILES string of the molecule is C[C@H](c1ccccc1)N1CC=C[C@H](O)[C@@H](O)C1. The zero-order valence-corrected chi connectivity index (χ0v) is 10.0. The third kappa shape index (κ3) is 2.94. The summed E-state index contributed by atoms with van der Waals surface area (Å²) in [5.41, 5.74) is 1.23. The van der Waals surface area contributed by atoms with Crippen LogP contribution in [0.5, 0.6) is 0 Å². The number of aliphatic hydroxyl groups is 2. The monoisotopic (exact) mass is 233 g/mol. The average molecular weight is 233 g/mol. The van der Waals surface area contributed by atoms with Crippen LogP contribution in [0.15, 0.2) is 42.5 Å². The first-order chi connectivity index (χ1) is 8.18. The second-order valence-corrected chi connectivity index (χ2v) is 4.53. The molecule has 92 valence electrons. The van der Waals surface area contributed by atoms with Crippen molar-refractivity contribution in [2.75, 3.05) is 13.1 Å². The Balaban J connectivity index is 2.10. The minimum absolute atomic E-state index is 0.237. The van der Waals surface area contributed by atoms with Crippen molar-refractivity contribution in [1.29, 1.82) is 0 Å². The van der Waals surface area contributed by atoms with Crippen LogP contribution in [0.25, 0.3) is 0 Å². The molecule has 0 radical (unpaired) electrons. The van der Waals surface area contributed by atoms with Crippen LogP contribution in [-0.2, 0) is 0 Å². The number of aliphatic hydroxyl groups excluding tert-OH is 2. The molecule has 0 aromatic heterocycles. The van der Waals surface area contributed by atoms with E-state index in [0.29, 0.717) is 6.54 Å². The highest BCUT2D eigenvalue weighted by atomic mass is 16.3. The molecule has 0 amide bonds. The molecule has 0 fully saturated rings. The van der Waals surface area contributed by atoms with Crippen LogP contribution in [0.4, 0.5) is 0 Å². The van der Waals surface area contributed by atoms with Gasteiger partial charge in [0.05, 0.1) is 12.2 Å². The molecular weight excluding hydrogens is 214 g/mol. The van der Waals surface area contributed by atoms with E-state index in [1.165, 1.54) is 5.56 Å². The van der Waals surface area contributed by atoms with Crippen molar-refractivity contribution in [3.63, 3.8) is 0 Å². The molecule has 2 N–H and O–H groups in total. The van der Waals surface area contributed by atoms with Gasteiger partial charge in [0, 0.05) is 19.1 Å². The van der Waals surface area contributed by atoms with Gasteiger partial charge in [0.2, 0.25) is 0 Å². The maximum Gasteiger partial charge on any atom is 0.0993 e. The molecule has 0 bridgehead atoms. The summed E-state index contributed by atoms with van der Waals surface area (Å²) in [6.45, 7) is 3.36. The number of benzene rings is 1. The molecule has 1 aliphatic heterocycles. The first-order valence-electron chi connectivity index (χ1n) is 6.00. The Morgan fingerprint density at radius 2 is 1.94 bits per heavy atom. The highest BCUT2D eigenvalue weighted by Crippen LogP contribution is 2.21. The molecule has 3 heteroatoms. The number of hydrogen-bond donors (Lipinski definition) is 2. The van der Waals surface area contributed by atoms with Crippen molar-refractivity contribution in [1.82, 2.24) is 4.90 Å². The van der Waals surface area contributed by atoms with Gasteiger partial charge in [0.1, 0.15) is 0 Å². The third-order valence-electron chi connectivity index (χ3n) is 3.32. The number of β-amino-alcohol motifs (C(OH)–C–C–N with tert-alkyl or cyclic N) is 1. The first-order valence-corrected chi connectivity index (χ1v) is 6.00. The quantitative estimate of drug-likeness (QED) is 0.758. The summed E-state index contributed by atoms with van der Waals surface area (Å²) in [7, 11) is 0. The van der Waals surface area contributed by atoms with E-state index >= 15 is 0 Å². The molecule has 1 heterocycles. The number of rotatable bonds is 2. The van der Waals surface area contributed by atoms with Gasteiger partial charge in [0.15, 0.2) is 0 Å². The molecule has 17 heavy (non-hydrogen) atoms. The van der Waals surface area contributed by atoms with E-state index < -0.39 is 12.2 Å². The summed E-state index contributed by atoms with van der Waals surface area (Å²) in [4.78, 5) is 2.16. The van der Waals surface area contributed by atoms with Gasteiger partial charge < -0.3 is 10.2 Å². The van der Waals surface area contributed by atoms with Crippen molar-refractivity contribution in [2.45, 2.75) is 25.2 Å². The largest absolute Gasteiger partial charge is 0.389 e. The standard InChI is InChI=1S/C14H19NO2/c1-11(12-6-3-2-4-7-12)15-9-5-8-13(16)14(17)10-15/h2-8,11,13-14,16-17H,9-10H2,1H3/t11-,13+,14+/m1/s1. The number of hydrogen-bond acceptors (Lipinski definition) is 3. The summed E-state index contributed by atoms with van der Waals surface area (Å²) in [6, 6.07) is 10.4. The van der Waals surface area contributed by atoms with E-state index in [0.717, 1.165) is 6.54 Å². The van der Waals surface area contributed by atoms with Gasteiger partial charge in [0.25, 0.3) is 0 Å². The molecule has 0 unspecified atom stereocenters. The van der Waals surface area contributed by atoms with Crippen LogP contribution in [0, 0.1) is 0 Å². The van der Waals surface area contributed by atoms with Crippen molar-refractivity contribution < 1.29 is 10.2 Å². The van der Waals surface area contributed by atoms with Gasteiger partial charge in [-0.15, -0.1) is 0 Å². The van der Waals surface area contributed by atoms with Crippen LogP contribution >= 0.6 is 0 Å². The zero-order valence-electron chi connectivity index (χ0n) is 10.0. The fourth-order valence-corrected chi connectivity index (χ4v) is 2.15. The predicted octanol–water partition coefficient (Wildman–Crippen LogP) is 1.34. The summed E-state index contributed by atoms with van der Waals surface area (Å²) < 4.78 is 0. The van der Waals surface area contributed by atoms with Crippen LogP contribution < -0.4 is 0 Å². The maximum atomic E-state index is 9.78. The molecule has 3 atom stereocenters. The Kier molecular flexibility index (Phi) is 3.94. The maximum absolute atomic E-state index is 9.78. The molecule has 0 saturated carbocycles. The fourth-order valence-electron chi connectivity index (χ4n) is 2.15. The van der Waals surface area contributed by atoms with Crippen molar-refractivity contribution in [3.8, 4) is 0 Å². The molecule has 1 aliphatic rings. The zero-order chi connectivity index (χ0) is 12.3. The summed E-state index contributed by atoms with van der Waals surface area (Å²) >= 11 is 0. The van der Waals surface area contributed by atoms with Gasteiger partial charge >= 0.3 is 0 Å². The van der Waals surface area contributed by atoms with Gasteiger partial charge in [-0.25, -0.2) is 0 Å². The Labute approximate surface area is 102 Å². The van der Waals surface area contributed by atoms with Gasteiger partial charge in [-0.2, -0.15) is 0 Å². The topological polar surface area (TPSA) is 43.7 Å². The lowest BCUT2D eigenvalue weighted by molar-refractivity contribution is 0.0216. The highest BCUT2D eigenvalue weighted by molar-refractivity contribution is 5.19. The van der Waals surface area contributed by atoms with Crippen molar-refractivity contribution in [2.24, 2.45) is 0 Å². The summed E-state index contributed by atoms with van der Waals surface area (Å²) in [5, 5.41) is 19.3. The lowest BCUT2D eigenvalue weighted by Crippen LogP contribution is -2.37. The van der Waals surface area contributed by atoms with Gasteiger partial charge in [-0.1, -0.05) is 42.5 Å². The summed E-state index contributed by atoms with van der Waals surface area (Å²) in [5.74, 6) is 0. The van der Waals surface area contributed by atoms with Crippen LogP contribution in [0.1, 0.15) is 18.5 Å². The van der Waals surface area contributed by atoms with Crippen molar-refractivity contribution in [3.05, 3.63) is 48.0 Å². The lowest BCUT2D eigenvalue weighted by Gasteiger charge is -2.29. The molecule has 1 aromatic rings. The Hall–Kier alpha value is -1.16. The van der Waals surface area contributed by atoms with Gasteiger partial charge in [-0.3, -0.25) is 4.90 Å². The molecular formula is C14H19NO2. The van der Waals surface area contributed by atoms with E-state index in [2.05, 4.69) is 24.0 Å². The van der Waals surface area contributed by atoms with E-state index in [-0.39, 0.29) is 6.04 Å². The van der Waals surface area contributed by atoms with Crippen molar-refractivity contribution >= 4 is 0 Å². The Bertz CT molecular complexity index is 377. The Morgan fingerprint density at radius 1 is 1.24 bits per heavy atom. The molecule has 0 saturated heterocycles. The Morgan fingerprint density at radius 3 is 2.65 bits per heavy atom. The second-order valence-electron chi connectivity index (χ2n) is 4.53. The average Bonchev–Trinajstić information content (AvgIpc) is 2.52. The molecule has 2 rings (SSSR count). The minimum atomic E-state index is -0.747. The minimum Gasteiger partial charge on any atom is -0.389 e. The molecule has 0 aliphatic carbocycles. The van der Waals surface area contributed by atoms with Crippen LogP contribution in [0.3, 0.4) is 0 Å². The normalized spacial score (nSPS) is 27.7. The third-order valence-corrected chi connectivity index (χ3v) is 3.32. The first kappa shape index (κ1) is 12.3. The number of nitrogens with zero attached hydrogens (tertiary/aromatic N) is 1. The smallest absolute Gasteiger partial charge is 0.0993 e. The highest BCUT2D eigenvalue weighted by Gasteiger charge is 2.23. The fraction of sp³-hybridized carbons (Fsp3) is 0.429. The molecule has 0 spiro atoms. The van der Waals surface area contributed by atoms with Crippen LogP contribution in [0.2, 0.25) is 0 Å². The van der Waals surface area contributed by atoms with E-state index in [1.807, 2.05) is 24.3 Å². The molecule has 1 aromatic carbocycles. The van der Waals surface area contributed by atoms with E-state index in [9.17, 15) is 10.2 Å². The summed E-state index contributed by atoms with van der Waals surface area (Å²) in [6.07, 6.45) is 2.13. The molecule has 3 nitrogen and oxygen atoms in total. The second kappa shape index (κ2) is 5.45. The van der Waals surface area contributed by atoms with Crippen LogP contribution in [-0.4, -0.2) is 40.4 Å². The lowest BCUT2D eigenvalue weighted by atomic mass is 10.1.